The second kappa shape index (κ2) is 8.36. The Bertz CT molecular complexity index is 1150. The number of nitriles is 1. The molecule has 0 aliphatic carbocycles. The maximum atomic E-state index is 13.1. The van der Waals surface area contributed by atoms with Gasteiger partial charge in [0.05, 0.1) is 12.6 Å². The van der Waals surface area contributed by atoms with Crippen molar-refractivity contribution in [3.05, 3.63) is 59.9 Å². The maximum absolute atomic E-state index is 13.1. The molecular weight excluding hydrogens is 399 g/mol. The van der Waals surface area contributed by atoms with Crippen LogP contribution in [0.1, 0.15) is 29.2 Å². The number of hydrogen-bond acceptors (Lipinski definition) is 6. The van der Waals surface area contributed by atoms with E-state index in [9.17, 15) is 14.4 Å². The number of primary amides is 1. The Morgan fingerprint density at radius 2 is 2.00 bits per heavy atom. The van der Waals surface area contributed by atoms with Crippen LogP contribution in [0.25, 0.3) is 11.3 Å². The predicted molar refractivity (Wildman–Crippen MR) is 113 cm³/mol. The summed E-state index contributed by atoms with van der Waals surface area (Å²) >= 11 is 0. The van der Waals surface area contributed by atoms with Gasteiger partial charge in [-0.1, -0.05) is 12.1 Å². The van der Waals surface area contributed by atoms with Gasteiger partial charge in [-0.05, 0) is 49.2 Å². The van der Waals surface area contributed by atoms with Gasteiger partial charge >= 0.3 is 0 Å². The SMILES string of the molecule is N#CN1CCCC(n2nc(-c3cccc(Oc4ccc(F)cc4)c3)c(C(N)=O)c2N)C1. The molecule has 1 aliphatic heterocycles. The van der Waals surface area contributed by atoms with E-state index in [2.05, 4.69) is 11.3 Å². The Labute approximate surface area is 178 Å². The number of amides is 1. The van der Waals surface area contributed by atoms with Gasteiger partial charge in [-0.3, -0.25) is 4.79 Å². The van der Waals surface area contributed by atoms with Gasteiger partial charge in [0, 0.05) is 12.1 Å². The molecule has 1 amide bonds. The number of ether oxygens (including phenoxy) is 1. The first-order chi connectivity index (χ1) is 15.0. The average molecular weight is 420 g/mol. The first-order valence-corrected chi connectivity index (χ1v) is 9.82. The zero-order chi connectivity index (χ0) is 22.0. The van der Waals surface area contributed by atoms with Crippen molar-refractivity contribution in [2.75, 3.05) is 18.8 Å². The molecule has 4 rings (SSSR count). The van der Waals surface area contributed by atoms with E-state index in [-0.39, 0.29) is 23.2 Å². The number of nitrogen functional groups attached to an aromatic ring is 1. The summed E-state index contributed by atoms with van der Waals surface area (Å²) in [5.41, 5.74) is 13.0. The summed E-state index contributed by atoms with van der Waals surface area (Å²) in [6, 6.07) is 12.5. The smallest absolute Gasteiger partial charge is 0.254 e. The lowest BCUT2D eigenvalue weighted by Crippen LogP contribution is -2.34. The first kappa shape index (κ1) is 20.2. The standard InChI is InChI=1S/C22H21FN6O2/c23-15-6-8-17(9-7-15)31-18-5-1-3-14(11-18)20-19(22(26)30)21(25)29(27-20)16-4-2-10-28(12-16)13-24/h1,3,5-9,11,16H,2,4,10,12,25H2,(H2,26,30). The number of nitrogens with two attached hydrogens (primary N) is 2. The third kappa shape index (κ3) is 4.14. The van der Waals surface area contributed by atoms with Crippen molar-refractivity contribution in [1.82, 2.24) is 14.7 Å². The third-order valence-electron chi connectivity index (χ3n) is 5.23. The van der Waals surface area contributed by atoms with Crippen molar-refractivity contribution in [1.29, 1.82) is 5.26 Å². The van der Waals surface area contributed by atoms with Crippen molar-refractivity contribution in [3.63, 3.8) is 0 Å². The van der Waals surface area contributed by atoms with Crippen LogP contribution in [-0.2, 0) is 0 Å². The molecular formula is C22H21FN6O2. The van der Waals surface area contributed by atoms with Gasteiger partial charge in [0.1, 0.15) is 34.4 Å². The molecule has 158 valence electrons. The fraction of sp³-hybridized carbons (Fsp3) is 0.227. The summed E-state index contributed by atoms with van der Waals surface area (Å²) in [4.78, 5) is 13.8. The van der Waals surface area contributed by atoms with Crippen LogP contribution >= 0.6 is 0 Å². The summed E-state index contributed by atoms with van der Waals surface area (Å²) in [6.07, 6.45) is 3.76. The molecule has 1 aliphatic rings. The van der Waals surface area contributed by atoms with Crippen molar-refractivity contribution >= 4 is 11.7 Å². The van der Waals surface area contributed by atoms with Crippen LogP contribution < -0.4 is 16.2 Å². The number of nitrogens with zero attached hydrogens (tertiary/aromatic N) is 4. The van der Waals surface area contributed by atoms with Crippen molar-refractivity contribution in [2.24, 2.45) is 5.73 Å². The average Bonchev–Trinajstić information content (AvgIpc) is 3.13. The van der Waals surface area contributed by atoms with Gasteiger partial charge in [0.15, 0.2) is 6.19 Å². The van der Waals surface area contributed by atoms with Crippen molar-refractivity contribution in [2.45, 2.75) is 18.9 Å². The van der Waals surface area contributed by atoms with Crippen molar-refractivity contribution < 1.29 is 13.9 Å². The molecule has 1 saturated heterocycles. The van der Waals surface area contributed by atoms with Crippen LogP contribution in [0, 0.1) is 17.3 Å². The first-order valence-electron chi connectivity index (χ1n) is 9.82. The van der Waals surface area contributed by atoms with Gasteiger partial charge in [-0.25, -0.2) is 9.07 Å². The van der Waals surface area contributed by atoms with Gasteiger partial charge in [0.25, 0.3) is 5.91 Å². The van der Waals surface area contributed by atoms with E-state index in [1.807, 2.05) is 0 Å². The summed E-state index contributed by atoms with van der Waals surface area (Å²) in [5.74, 6) is 0.0954. The Hall–Kier alpha value is -4.06. The number of rotatable bonds is 5. The van der Waals surface area contributed by atoms with E-state index < -0.39 is 5.91 Å². The molecule has 2 aromatic carbocycles. The molecule has 1 atom stereocenters. The number of likely N-dealkylation sites (tertiary alicyclic amines) is 1. The lowest BCUT2D eigenvalue weighted by Gasteiger charge is -2.29. The lowest BCUT2D eigenvalue weighted by molar-refractivity contribution is 0.100. The fourth-order valence-corrected chi connectivity index (χ4v) is 3.76. The molecule has 2 heterocycles. The summed E-state index contributed by atoms with van der Waals surface area (Å²) in [6.45, 7) is 1.15. The largest absolute Gasteiger partial charge is 0.457 e. The zero-order valence-corrected chi connectivity index (χ0v) is 16.7. The molecule has 8 nitrogen and oxygen atoms in total. The number of hydrogen-bond donors (Lipinski definition) is 2. The second-order valence-electron chi connectivity index (χ2n) is 7.34. The Balaban J connectivity index is 1.70. The molecule has 0 spiro atoms. The number of benzene rings is 2. The highest BCUT2D eigenvalue weighted by Gasteiger charge is 2.28. The zero-order valence-electron chi connectivity index (χ0n) is 16.7. The minimum absolute atomic E-state index is 0.132. The van der Waals surface area contributed by atoms with Crippen LogP contribution in [0.3, 0.4) is 0 Å². The number of aromatic nitrogens is 2. The fourth-order valence-electron chi connectivity index (χ4n) is 3.76. The molecule has 1 unspecified atom stereocenters. The number of carbonyl (C=O) groups is 1. The number of anilines is 1. The topological polar surface area (TPSA) is 123 Å². The van der Waals surface area contributed by atoms with Crippen LogP contribution in [0.4, 0.5) is 10.2 Å². The highest BCUT2D eigenvalue weighted by atomic mass is 19.1. The Kier molecular flexibility index (Phi) is 5.45. The highest BCUT2D eigenvalue weighted by molar-refractivity contribution is 6.03. The summed E-state index contributed by atoms with van der Waals surface area (Å²) < 4.78 is 20.5. The lowest BCUT2D eigenvalue weighted by atomic mass is 10.1. The van der Waals surface area contributed by atoms with Crippen LogP contribution in [-0.4, -0.2) is 33.7 Å². The molecule has 31 heavy (non-hydrogen) atoms. The Morgan fingerprint density at radius 3 is 2.71 bits per heavy atom. The van der Waals surface area contributed by atoms with E-state index in [0.29, 0.717) is 35.8 Å². The number of piperidine rings is 1. The van der Waals surface area contributed by atoms with Gasteiger partial charge in [-0.15, -0.1) is 0 Å². The monoisotopic (exact) mass is 420 g/mol. The maximum Gasteiger partial charge on any atom is 0.254 e. The molecule has 4 N–H and O–H groups in total. The number of halogens is 1. The van der Waals surface area contributed by atoms with Crippen LogP contribution in [0.5, 0.6) is 11.5 Å². The van der Waals surface area contributed by atoms with Crippen LogP contribution in [0.2, 0.25) is 0 Å². The van der Waals surface area contributed by atoms with E-state index in [4.69, 9.17) is 16.2 Å². The van der Waals surface area contributed by atoms with E-state index >= 15 is 0 Å². The van der Waals surface area contributed by atoms with Gasteiger partial charge in [-0.2, -0.15) is 10.4 Å². The molecule has 0 bridgehead atoms. The normalized spacial score (nSPS) is 16.0. The second-order valence-corrected chi connectivity index (χ2v) is 7.34. The molecule has 0 saturated carbocycles. The summed E-state index contributed by atoms with van der Waals surface area (Å²) in [7, 11) is 0. The molecule has 1 aromatic heterocycles. The van der Waals surface area contributed by atoms with Crippen molar-refractivity contribution in [3.8, 4) is 28.9 Å². The van der Waals surface area contributed by atoms with Gasteiger partial charge in [0.2, 0.25) is 0 Å². The van der Waals surface area contributed by atoms with E-state index in [0.717, 1.165) is 12.8 Å². The molecule has 9 heteroatoms. The molecule has 0 radical (unpaired) electrons. The van der Waals surface area contributed by atoms with E-state index in [1.54, 1.807) is 33.8 Å². The highest BCUT2D eigenvalue weighted by Crippen LogP contribution is 2.34. The number of carbonyl (C=O) groups excluding carboxylic acids is 1. The Morgan fingerprint density at radius 1 is 1.23 bits per heavy atom. The summed E-state index contributed by atoms with van der Waals surface area (Å²) in [5, 5.41) is 13.8. The minimum Gasteiger partial charge on any atom is -0.457 e. The minimum atomic E-state index is -0.684. The predicted octanol–water partition coefficient (Wildman–Crippen LogP) is 3.28. The van der Waals surface area contributed by atoms with Crippen LogP contribution in [0.15, 0.2) is 48.5 Å². The quantitative estimate of drug-likeness (QED) is 0.611. The molecule has 1 fully saturated rings. The van der Waals surface area contributed by atoms with E-state index in [1.165, 1.54) is 24.3 Å². The third-order valence-corrected chi connectivity index (χ3v) is 5.23. The van der Waals surface area contributed by atoms with Gasteiger partial charge < -0.3 is 21.1 Å². The molecule has 3 aromatic rings.